The molecular formula is C8H15Cl2N. The largest absolute Gasteiger partial charge is 0.303 e. The Labute approximate surface area is 79.5 Å². The molecule has 0 saturated carbocycles. The van der Waals surface area contributed by atoms with E-state index in [1.807, 2.05) is 0 Å². The van der Waals surface area contributed by atoms with Crippen LogP contribution in [0.5, 0.6) is 0 Å². The number of piperidine rings is 1. The van der Waals surface area contributed by atoms with E-state index in [2.05, 4.69) is 4.90 Å². The smallest absolute Gasteiger partial charge is 0.0292 e. The fourth-order valence-electron chi connectivity index (χ4n) is 2.28. The number of hydrogen-bond acceptors (Lipinski definition) is 1. The highest BCUT2D eigenvalue weighted by Crippen LogP contribution is 2.39. The van der Waals surface area contributed by atoms with Crippen LogP contribution in [-0.4, -0.2) is 30.4 Å². The van der Waals surface area contributed by atoms with Gasteiger partial charge in [0.25, 0.3) is 0 Å². The summed E-state index contributed by atoms with van der Waals surface area (Å²) >= 11 is 5.94. The molecule has 2 unspecified atom stereocenters. The van der Waals surface area contributed by atoms with Crippen LogP contribution < -0.4 is 0 Å². The number of hydrogen-bond donors (Lipinski definition) is 0. The van der Waals surface area contributed by atoms with Gasteiger partial charge in [-0.3, -0.25) is 0 Å². The molecule has 0 N–H and O–H groups in total. The molecule has 1 nitrogen and oxygen atoms in total. The van der Waals surface area contributed by atoms with Crippen molar-refractivity contribution in [3.8, 4) is 0 Å². The number of halogens is 2. The van der Waals surface area contributed by atoms with Gasteiger partial charge in [0.2, 0.25) is 0 Å². The molecule has 11 heavy (non-hydrogen) atoms. The molecule has 0 radical (unpaired) electrons. The third-order valence-electron chi connectivity index (χ3n) is 2.98. The van der Waals surface area contributed by atoms with Crippen LogP contribution in [0.15, 0.2) is 0 Å². The zero-order chi connectivity index (χ0) is 7.03. The van der Waals surface area contributed by atoms with Crippen molar-refractivity contribution < 1.29 is 0 Å². The lowest BCUT2D eigenvalue weighted by Crippen LogP contribution is -2.34. The molecule has 2 aliphatic rings. The van der Waals surface area contributed by atoms with Gasteiger partial charge in [0.1, 0.15) is 0 Å². The van der Waals surface area contributed by atoms with Crippen LogP contribution in [0, 0.1) is 5.41 Å². The van der Waals surface area contributed by atoms with E-state index in [-0.39, 0.29) is 12.4 Å². The molecule has 2 atom stereocenters. The predicted octanol–water partition coefficient (Wildman–Crippen LogP) is 2.13. The van der Waals surface area contributed by atoms with Gasteiger partial charge in [0.15, 0.2) is 0 Å². The molecule has 2 heterocycles. The topological polar surface area (TPSA) is 3.24 Å². The Morgan fingerprint density at radius 1 is 1.27 bits per heavy atom. The zero-order valence-electron chi connectivity index (χ0n) is 6.68. The van der Waals surface area contributed by atoms with Crippen LogP contribution in [0.25, 0.3) is 0 Å². The number of rotatable bonds is 1. The summed E-state index contributed by atoms with van der Waals surface area (Å²) in [6.07, 6.45) is 4.08. The SMILES string of the molecule is Cl.ClCC12CCCN(CC1)C2. The molecule has 2 fully saturated rings. The summed E-state index contributed by atoms with van der Waals surface area (Å²) in [7, 11) is 0. The summed E-state index contributed by atoms with van der Waals surface area (Å²) in [5.41, 5.74) is 0.528. The van der Waals surface area contributed by atoms with E-state index in [0.717, 1.165) is 5.88 Å². The first-order valence-corrected chi connectivity index (χ1v) is 4.66. The Bertz CT molecular complexity index is 136. The minimum atomic E-state index is 0. The third kappa shape index (κ3) is 1.66. The summed E-state index contributed by atoms with van der Waals surface area (Å²) in [6, 6.07) is 0. The Balaban J connectivity index is 0.000000605. The molecule has 0 spiro atoms. The highest BCUT2D eigenvalue weighted by molar-refractivity contribution is 6.18. The van der Waals surface area contributed by atoms with Crippen molar-refractivity contribution in [3.63, 3.8) is 0 Å². The first kappa shape index (κ1) is 9.63. The van der Waals surface area contributed by atoms with Crippen LogP contribution in [0.2, 0.25) is 0 Å². The Hall–Kier alpha value is 0.540. The van der Waals surface area contributed by atoms with Gasteiger partial charge in [0, 0.05) is 12.4 Å². The lowest BCUT2D eigenvalue weighted by Gasteiger charge is -2.31. The van der Waals surface area contributed by atoms with Crippen LogP contribution in [0.3, 0.4) is 0 Å². The maximum Gasteiger partial charge on any atom is 0.0292 e. The van der Waals surface area contributed by atoms with Crippen molar-refractivity contribution in [1.82, 2.24) is 4.90 Å². The van der Waals surface area contributed by atoms with Gasteiger partial charge in [-0.25, -0.2) is 0 Å². The average molecular weight is 196 g/mol. The summed E-state index contributed by atoms with van der Waals surface area (Å²) in [4.78, 5) is 2.55. The molecule has 0 amide bonds. The Kier molecular flexibility index (Phi) is 3.07. The Morgan fingerprint density at radius 3 is 2.73 bits per heavy atom. The number of alkyl halides is 1. The van der Waals surface area contributed by atoms with Crippen molar-refractivity contribution in [1.29, 1.82) is 0 Å². The second-order valence-corrected chi connectivity index (χ2v) is 4.03. The number of fused-ring (bicyclic) bond motifs is 2. The van der Waals surface area contributed by atoms with Crippen LogP contribution in [-0.2, 0) is 0 Å². The third-order valence-corrected chi connectivity index (χ3v) is 3.55. The van der Waals surface area contributed by atoms with Crippen molar-refractivity contribution in [2.75, 3.05) is 25.5 Å². The van der Waals surface area contributed by atoms with Crippen LogP contribution in [0.4, 0.5) is 0 Å². The van der Waals surface area contributed by atoms with E-state index in [1.54, 1.807) is 0 Å². The van der Waals surface area contributed by atoms with Crippen LogP contribution in [0.1, 0.15) is 19.3 Å². The maximum atomic E-state index is 5.94. The molecule has 2 rings (SSSR count). The normalized spacial score (nSPS) is 41.7. The van der Waals surface area contributed by atoms with Gasteiger partial charge >= 0.3 is 0 Å². The van der Waals surface area contributed by atoms with Gasteiger partial charge in [0.05, 0.1) is 0 Å². The molecule has 0 aliphatic carbocycles. The molecule has 0 aromatic heterocycles. The van der Waals surface area contributed by atoms with Crippen molar-refractivity contribution in [3.05, 3.63) is 0 Å². The summed E-state index contributed by atoms with van der Waals surface area (Å²) in [5, 5.41) is 0. The molecule has 2 saturated heterocycles. The first-order chi connectivity index (χ1) is 4.85. The van der Waals surface area contributed by atoms with E-state index in [0.29, 0.717) is 5.41 Å². The first-order valence-electron chi connectivity index (χ1n) is 4.13. The molecule has 66 valence electrons. The molecule has 0 aromatic carbocycles. The molecule has 2 aliphatic heterocycles. The minimum absolute atomic E-state index is 0. The highest BCUT2D eigenvalue weighted by Gasteiger charge is 2.39. The lowest BCUT2D eigenvalue weighted by molar-refractivity contribution is 0.203. The van der Waals surface area contributed by atoms with E-state index in [9.17, 15) is 0 Å². The standard InChI is InChI=1S/C8H14ClN.ClH/c9-6-8-2-1-4-10(7-8)5-3-8;/h1-7H2;1H. The van der Waals surface area contributed by atoms with Crippen LogP contribution >= 0.6 is 24.0 Å². The zero-order valence-corrected chi connectivity index (χ0v) is 8.26. The monoisotopic (exact) mass is 195 g/mol. The van der Waals surface area contributed by atoms with Crippen molar-refractivity contribution in [2.45, 2.75) is 19.3 Å². The fraction of sp³-hybridized carbons (Fsp3) is 1.00. The van der Waals surface area contributed by atoms with E-state index in [1.165, 1.54) is 38.9 Å². The molecule has 0 aromatic rings. The maximum absolute atomic E-state index is 5.94. The second-order valence-electron chi connectivity index (χ2n) is 3.76. The summed E-state index contributed by atoms with van der Waals surface area (Å²) < 4.78 is 0. The molecule has 2 bridgehead atoms. The average Bonchev–Trinajstić information content (AvgIpc) is 2.29. The van der Waals surface area contributed by atoms with Crippen molar-refractivity contribution in [2.24, 2.45) is 5.41 Å². The van der Waals surface area contributed by atoms with Gasteiger partial charge in [-0.15, -0.1) is 24.0 Å². The predicted molar refractivity (Wildman–Crippen MR) is 50.7 cm³/mol. The van der Waals surface area contributed by atoms with Gasteiger partial charge < -0.3 is 4.90 Å². The highest BCUT2D eigenvalue weighted by atomic mass is 35.5. The molecular weight excluding hydrogens is 181 g/mol. The van der Waals surface area contributed by atoms with Gasteiger partial charge in [-0.2, -0.15) is 0 Å². The summed E-state index contributed by atoms with van der Waals surface area (Å²) in [6.45, 7) is 3.89. The van der Waals surface area contributed by atoms with E-state index >= 15 is 0 Å². The molecule has 3 heteroatoms. The van der Waals surface area contributed by atoms with Gasteiger partial charge in [-0.05, 0) is 37.8 Å². The second kappa shape index (κ2) is 3.51. The van der Waals surface area contributed by atoms with E-state index < -0.39 is 0 Å². The summed E-state index contributed by atoms with van der Waals surface area (Å²) in [5.74, 6) is 0.878. The van der Waals surface area contributed by atoms with Crippen molar-refractivity contribution >= 4 is 24.0 Å². The lowest BCUT2D eigenvalue weighted by atomic mass is 9.83. The Morgan fingerprint density at radius 2 is 2.09 bits per heavy atom. The minimum Gasteiger partial charge on any atom is -0.303 e. The van der Waals surface area contributed by atoms with Gasteiger partial charge in [-0.1, -0.05) is 0 Å². The quantitative estimate of drug-likeness (QED) is 0.580. The van der Waals surface area contributed by atoms with E-state index in [4.69, 9.17) is 11.6 Å². The number of nitrogens with zero attached hydrogens (tertiary/aromatic N) is 1. The fourth-order valence-corrected chi connectivity index (χ4v) is 2.63.